The second kappa shape index (κ2) is 4.96. The molecular formula is C15H18O2S. The Labute approximate surface area is 112 Å². The Bertz CT molecular complexity index is 450. The van der Waals surface area contributed by atoms with Crippen molar-refractivity contribution in [1.29, 1.82) is 0 Å². The summed E-state index contributed by atoms with van der Waals surface area (Å²) in [5, 5.41) is 9.87. The van der Waals surface area contributed by atoms with Gasteiger partial charge in [0.05, 0.1) is 6.42 Å². The summed E-state index contributed by atoms with van der Waals surface area (Å²) in [6.45, 7) is 0. The van der Waals surface area contributed by atoms with Gasteiger partial charge in [-0.25, -0.2) is 0 Å². The first-order valence-corrected chi connectivity index (χ1v) is 7.59. The van der Waals surface area contributed by atoms with Crippen LogP contribution in [0.25, 0.3) is 0 Å². The number of benzene rings is 1. The molecule has 0 saturated heterocycles. The minimum atomic E-state index is -0.668. The van der Waals surface area contributed by atoms with E-state index in [0.29, 0.717) is 5.92 Å². The Hall–Kier alpha value is -0.960. The van der Waals surface area contributed by atoms with E-state index < -0.39 is 5.97 Å². The fourth-order valence-electron chi connectivity index (χ4n) is 2.48. The predicted octanol–water partition coefficient (Wildman–Crippen LogP) is 3.91. The van der Waals surface area contributed by atoms with Crippen LogP contribution in [0.2, 0.25) is 0 Å². The lowest BCUT2D eigenvalue weighted by Crippen LogP contribution is -2.09. The molecule has 1 aromatic carbocycles. The van der Waals surface area contributed by atoms with Crippen LogP contribution in [0.15, 0.2) is 29.2 Å². The zero-order valence-electron chi connectivity index (χ0n) is 10.3. The molecule has 2 fully saturated rings. The Balaban J connectivity index is 1.84. The smallest absolute Gasteiger partial charge is 0.303 e. The first-order valence-electron chi connectivity index (χ1n) is 6.71. The fourth-order valence-corrected chi connectivity index (χ4v) is 3.72. The molecule has 1 unspecified atom stereocenters. The molecule has 2 aliphatic rings. The number of hydrogen-bond donors (Lipinski definition) is 1. The molecule has 18 heavy (non-hydrogen) atoms. The molecule has 1 atom stereocenters. The molecule has 1 N–H and O–H groups in total. The van der Waals surface area contributed by atoms with Crippen molar-refractivity contribution >= 4 is 17.7 Å². The summed E-state index contributed by atoms with van der Waals surface area (Å²) in [6, 6.07) is 8.41. The van der Waals surface area contributed by atoms with Crippen LogP contribution in [0.4, 0.5) is 0 Å². The second-order valence-corrected chi connectivity index (χ2v) is 6.74. The molecule has 0 heterocycles. The van der Waals surface area contributed by atoms with Gasteiger partial charge in [-0.3, -0.25) is 4.79 Å². The molecule has 1 aromatic rings. The fraction of sp³-hybridized carbons (Fsp3) is 0.533. The number of carboxylic acids is 1. The number of aliphatic carboxylic acids is 1. The molecular weight excluding hydrogens is 244 g/mol. The highest BCUT2D eigenvalue weighted by Gasteiger charge is 2.35. The van der Waals surface area contributed by atoms with E-state index in [0.717, 1.165) is 5.25 Å². The van der Waals surface area contributed by atoms with E-state index in [4.69, 9.17) is 5.11 Å². The van der Waals surface area contributed by atoms with Crippen LogP contribution in [0.3, 0.4) is 0 Å². The highest BCUT2D eigenvalue weighted by atomic mass is 32.2. The average molecular weight is 262 g/mol. The standard InChI is InChI=1S/C15H18O2S/c16-15(17)9-13(10-5-6-10)12-3-1-2-4-14(12)18-11-7-8-11/h1-4,10-11,13H,5-9H2,(H,16,17). The first kappa shape index (κ1) is 12.1. The van der Waals surface area contributed by atoms with E-state index in [2.05, 4.69) is 18.2 Å². The van der Waals surface area contributed by atoms with E-state index in [1.54, 1.807) is 0 Å². The lowest BCUT2D eigenvalue weighted by molar-refractivity contribution is -0.137. The lowest BCUT2D eigenvalue weighted by atomic mass is 9.91. The maximum Gasteiger partial charge on any atom is 0.303 e. The van der Waals surface area contributed by atoms with Gasteiger partial charge in [0, 0.05) is 10.1 Å². The van der Waals surface area contributed by atoms with Crippen molar-refractivity contribution in [2.45, 2.75) is 48.2 Å². The van der Waals surface area contributed by atoms with Gasteiger partial charge in [0.1, 0.15) is 0 Å². The van der Waals surface area contributed by atoms with Crippen LogP contribution in [-0.4, -0.2) is 16.3 Å². The van der Waals surface area contributed by atoms with Crippen LogP contribution in [0.5, 0.6) is 0 Å². The van der Waals surface area contributed by atoms with E-state index in [1.165, 1.54) is 36.1 Å². The van der Waals surface area contributed by atoms with E-state index >= 15 is 0 Å². The molecule has 0 aromatic heterocycles. The third-order valence-electron chi connectivity index (χ3n) is 3.72. The van der Waals surface area contributed by atoms with Gasteiger partial charge in [0.2, 0.25) is 0 Å². The molecule has 2 saturated carbocycles. The van der Waals surface area contributed by atoms with Crippen molar-refractivity contribution in [3.05, 3.63) is 29.8 Å². The molecule has 2 nitrogen and oxygen atoms in total. The normalized spacial score (nSPS) is 20.7. The third-order valence-corrected chi connectivity index (χ3v) is 5.15. The van der Waals surface area contributed by atoms with E-state index in [1.807, 2.05) is 17.8 Å². The maximum absolute atomic E-state index is 11.1. The lowest BCUT2D eigenvalue weighted by Gasteiger charge is -2.18. The molecule has 96 valence electrons. The maximum atomic E-state index is 11.1. The molecule has 0 spiro atoms. The van der Waals surface area contributed by atoms with Gasteiger partial charge in [0.25, 0.3) is 0 Å². The van der Waals surface area contributed by atoms with Gasteiger partial charge in [-0.2, -0.15) is 0 Å². The molecule has 0 aliphatic heterocycles. The van der Waals surface area contributed by atoms with Crippen LogP contribution in [0, 0.1) is 5.92 Å². The number of rotatable bonds is 6. The van der Waals surface area contributed by atoms with E-state index in [-0.39, 0.29) is 12.3 Å². The highest BCUT2D eigenvalue weighted by Crippen LogP contribution is 2.49. The third kappa shape index (κ3) is 2.89. The summed E-state index contributed by atoms with van der Waals surface area (Å²) in [7, 11) is 0. The minimum absolute atomic E-state index is 0.227. The average Bonchev–Trinajstić information content (AvgIpc) is 3.20. The molecule has 0 radical (unpaired) electrons. The summed E-state index contributed by atoms with van der Waals surface area (Å²) >= 11 is 1.94. The summed E-state index contributed by atoms with van der Waals surface area (Å²) in [6.07, 6.45) is 5.30. The summed E-state index contributed by atoms with van der Waals surface area (Å²) in [4.78, 5) is 12.4. The summed E-state index contributed by atoms with van der Waals surface area (Å²) in [5.41, 5.74) is 1.28. The monoisotopic (exact) mass is 262 g/mol. The van der Waals surface area contributed by atoms with Crippen LogP contribution < -0.4 is 0 Å². The second-order valence-electron chi connectivity index (χ2n) is 5.40. The quantitative estimate of drug-likeness (QED) is 0.844. The molecule has 2 aliphatic carbocycles. The molecule has 0 bridgehead atoms. The predicted molar refractivity (Wildman–Crippen MR) is 73.0 cm³/mol. The Morgan fingerprint density at radius 2 is 2.00 bits per heavy atom. The Morgan fingerprint density at radius 3 is 2.61 bits per heavy atom. The van der Waals surface area contributed by atoms with Crippen molar-refractivity contribution in [3.8, 4) is 0 Å². The van der Waals surface area contributed by atoms with Crippen molar-refractivity contribution in [1.82, 2.24) is 0 Å². The SMILES string of the molecule is O=C(O)CC(c1ccccc1SC1CC1)C1CC1. The highest BCUT2D eigenvalue weighted by molar-refractivity contribution is 8.00. The van der Waals surface area contributed by atoms with Gasteiger partial charge in [-0.1, -0.05) is 18.2 Å². The largest absolute Gasteiger partial charge is 0.481 e. The van der Waals surface area contributed by atoms with Crippen LogP contribution >= 0.6 is 11.8 Å². The number of carbonyl (C=O) groups is 1. The zero-order valence-corrected chi connectivity index (χ0v) is 11.2. The zero-order chi connectivity index (χ0) is 12.5. The summed E-state index contributed by atoms with van der Waals surface area (Å²) < 4.78 is 0. The van der Waals surface area contributed by atoms with Gasteiger partial charge < -0.3 is 5.11 Å². The van der Waals surface area contributed by atoms with Crippen LogP contribution in [0.1, 0.15) is 43.6 Å². The van der Waals surface area contributed by atoms with Crippen molar-refractivity contribution in [3.63, 3.8) is 0 Å². The van der Waals surface area contributed by atoms with Crippen LogP contribution in [-0.2, 0) is 4.79 Å². The topological polar surface area (TPSA) is 37.3 Å². The molecule has 3 rings (SSSR count). The number of carboxylic acid groups (broad SMARTS) is 1. The summed E-state index contributed by atoms with van der Waals surface area (Å²) in [5.74, 6) is 0.158. The number of thioether (sulfide) groups is 1. The van der Waals surface area contributed by atoms with Gasteiger partial charge in [0.15, 0.2) is 0 Å². The Morgan fingerprint density at radius 1 is 1.28 bits per heavy atom. The first-order chi connectivity index (χ1) is 8.74. The van der Waals surface area contributed by atoms with Gasteiger partial charge >= 0.3 is 5.97 Å². The Kier molecular flexibility index (Phi) is 3.33. The van der Waals surface area contributed by atoms with Crippen molar-refractivity contribution < 1.29 is 9.90 Å². The molecule has 0 amide bonds. The minimum Gasteiger partial charge on any atom is -0.481 e. The van der Waals surface area contributed by atoms with Crippen molar-refractivity contribution in [2.75, 3.05) is 0 Å². The van der Waals surface area contributed by atoms with E-state index in [9.17, 15) is 4.79 Å². The van der Waals surface area contributed by atoms with Gasteiger partial charge in [-0.05, 0) is 49.1 Å². The van der Waals surface area contributed by atoms with Crippen molar-refractivity contribution in [2.24, 2.45) is 5.92 Å². The number of hydrogen-bond acceptors (Lipinski definition) is 2. The molecule has 3 heteroatoms. The van der Waals surface area contributed by atoms with Gasteiger partial charge in [-0.15, -0.1) is 11.8 Å².